The summed E-state index contributed by atoms with van der Waals surface area (Å²) >= 11 is 3.38. The van der Waals surface area contributed by atoms with Crippen molar-refractivity contribution < 1.29 is 0 Å². The normalized spacial score (nSPS) is 11.0. The number of unbranched alkanes of at least 4 members (excludes halogenated alkanes) is 1. The molecule has 2 N–H and O–H groups in total. The Kier molecular flexibility index (Phi) is 3.43. The number of nitrogens with zero attached hydrogens (tertiary/aromatic N) is 2. The van der Waals surface area contributed by atoms with Gasteiger partial charge in [-0.25, -0.2) is 9.97 Å². The number of fused-ring (bicyclic) bond motifs is 1. The standard InChI is InChI=1S/C10H13N3S2/c1-2-3-5-14-8-7-4-6-15-9(7)13-10(11)12-8/h4,6H,2-3,5H2,1H3,(H2,11,12,13). The highest BCUT2D eigenvalue weighted by Crippen LogP contribution is 2.29. The van der Waals surface area contributed by atoms with E-state index in [9.17, 15) is 0 Å². The van der Waals surface area contributed by atoms with Gasteiger partial charge in [0.25, 0.3) is 0 Å². The van der Waals surface area contributed by atoms with Crippen molar-refractivity contribution in [2.24, 2.45) is 0 Å². The van der Waals surface area contributed by atoms with Crippen molar-refractivity contribution in [1.29, 1.82) is 0 Å². The van der Waals surface area contributed by atoms with Crippen LogP contribution in [0, 0.1) is 0 Å². The van der Waals surface area contributed by atoms with Crippen molar-refractivity contribution >= 4 is 39.3 Å². The minimum atomic E-state index is 0.379. The number of rotatable bonds is 4. The van der Waals surface area contributed by atoms with E-state index in [1.807, 2.05) is 5.38 Å². The molecule has 3 nitrogen and oxygen atoms in total. The van der Waals surface area contributed by atoms with Crippen LogP contribution in [-0.4, -0.2) is 15.7 Å². The minimum absolute atomic E-state index is 0.379. The lowest BCUT2D eigenvalue weighted by molar-refractivity contribution is 0.895. The predicted molar refractivity (Wildman–Crippen MR) is 67.5 cm³/mol. The van der Waals surface area contributed by atoms with Crippen molar-refractivity contribution in [3.05, 3.63) is 11.4 Å². The zero-order chi connectivity index (χ0) is 10.7. The van der Waals surface area contributed by atoms with Crippen LogP contribution in [0.4, 0.5) is 5.95 Å². The highest BCUT2D eigenvalue weighted by atomic mass is 32.2. The van der Waals surface area contributed by atoms with Crippen LogP contribution in [0.1, 0.15) is 19.8 Å². The molecule has 0 aromatic carbocycles. The van der Waals surface area contributed by atoms with Crippen molar-refractivity contribution in [2.75, 3.05) is 11.5 Å². The number of hydrogen-bond acceptors (Lipinski definition) is 5. The first kappa shape index (κ1) is 10.7. The van der Waals surface area contributed by atoms with Crippen molar-refractivity contribution in [2.45, 2.75) is 24.8 Å². The monoisotopic (exact) mass is 239 g/mol. The van der Waals surface area contributed by atoms with Crippen molar-refractivity contribution in [1.82, 2.24) is 9.97 Å². The number of thiophene rings is 1. The average molecular weight is 239 g/mol. The van der Waals surface area contributed by atoms with Crippen molar-refractivity contribution in [3.8, 4) is 0 Å². The van der Waals surface area contributed by atoms with Gasteiger partial charge in [-0.2, -0.15) is 0 Å². The predicted octanol–water partition coefficient (Wildman–Crippen LogP) is 3.17. The van der Waals surface area contributed by atoms with Gasteiger partial charge in [0.2, 0.25) is 5.95 Å². The second-order valence-corrected chi connectivity index (χ2v) is 5.21. The van der Waals surface area contributed by atoms with E-state index in [4.69, 9.17) is 5.73 Å². The molecule has 15 heavy (non-hydrogen) atoms. The van der Waals surface area contributed by atoms with Gasteiger partial charge in [-0.3, -0.25) is 0 Å². The van der Waals surface area contributed by atoms with Gasteiger partial charge in [-0.1, -0.05) is 13.3 Å². The fourth-order valence-corrected chi connectivity index (χ4v) is 3.21. The molecule has 0 atom stereocenters. The average Bonchev–Trinajstić information content (AvgIpc) is 2.65. The first-order chi connectivity index (χ1) is 7.31. The van der Waals surface area contributed by atoms with Crippen LogP contribution in [0.5, 0.6) is 0 Å². The van der Waals surface area contributed by atoms with Gasteiger partial charge in [-0.15, -0.1) is 23.1 Å². The molecule has 0 saturated carbocycles. The van der Waals surface area contributed by atoms with E-state index in [2.05, 4.69) is 23.0 Å². The fraction of sp³-hybridized carbons (Fsp3) is 0.400. The summed E-state index contributed by atoms with van der Waals surface area (Å²) in [5, 5.41) is 4.19. The third-order valence-corrected chi connectivity index (χ3v) is 3.93. The van der Waals surface area contributed by atoms with Crippen LogP contribution in [0.15, 0.2) is 16.5 Å². The lowest BCUT2D eigenvalue weighted by Gasteiger charge is -2.02. The van der Waals surface area contributed by atoms with Gasteiger partial charge in [0.05, 0.1) is 0 Å². The van der Waals surface area contributed by atoms with Gasteiger partial charge in [0.15, 0.2) is 0 Å². The lowest BCUT2D eigenvalue weighted by Crippen LogP contribution is -1.95. The van der Waals surface area contributed by atoms with E-state index >= 15 is 0 Å². The summed E-state index contributed by atoms with van der Waals surface area (Å²) < 4.78 is 0. The third-order valence-electron chi connectivity index (χ3n) is 2.04. The molecule has 0 amide bonds. The largest absolute Gasteiger partial charge is 0.368 e. The SMILES string of the molecule is CCCCSc1nc(N)nc2sccc12. The first-order valence-electron chi connectivity index (χ1n) is 4.94. The Morgan fingerprint density at radius 2 is 2.33 bits per heavy atom. The van der Waals surface area contributed by atoms with Gasteiger partial charge in [0, 0.05) is 5.39 Å². The number of anilines is 1. The molecule has 0 radical (unpaired) electrons. The third kappa shape index (κ3) is 2.41. The first-order valence-corrected chi connectivity index (χ1v) is 6.81. The Morgan fingerprint density at radius 1 is 1.47 bits per heavy atom. The molecule has 0 aliphatic heterocycles. The summed E-state index contributed by atoms with van der Waals surface area (Å²) in [4.78, 5) is 9.47. The van der Waals surface area contributed by atoms with Crippen LogP contribution in [0.3, 0.4) is 0 Å². The molecule has 2 rings (SSSR count). The van der Waals surface area contributed by atoms with Gasteiger partial charge in [-0.05, 0) is 23.6 Å². The van der Waals surface area contributed by atoms with E-state index < -0.39 is 0 Å². The molecule has 2 aromatic heterocycles. The molecule has 0 aliphatic carbocycles. The molecular weight excluding hydrogens is 226 g/mol. The Bertz CT molecular complexity index is 453. The molecule has 0 spiro atoms. The molecule has 2 aromatic rings. The quantitative estimate of drug-likeness (QED) is 0.506. The second kappa shape index (κ2) is 4.81. The maximum absolute atomic E-state index is 5.66. The molecular formula is C10H13N3S2. The summed E-state index contributed by atoms with van der Waals surface area (Å²) in [6, 6.07) is 2.06. The molecule has 0 fully saturated rings. The number of aromatic nitrogens is 2. The maximum atomic E-state index is 5.66. The van der Waals surface area contributed by atoms with E-state index in [0.717, 1.165) is 21.0 Å². The summed E-state index contributed by atoms with van der Waals surface area (Å²) in [6.45, 7) is 2.19. The fourth-order valence-electron chi connectivity index (χ4n) is 1.27. The number of nitrogen functional groups attached to an aromatic ring is 1. The van der Waals surface area contributed by atoms with Crippen LogP contribution in [-0.2, 0) is 0 Å². The number of hydrogen-bond donors (Lipinski definition) is 1. The zero-order valence-corrected chi connectivity index (χ0v) is 10.2. The molecule has 0 saturated heterocycles. The van der Waals surface area contributed by atoms with Gasteiger partial charge >= 0.3 is 0 Å². The van der Waals surface area contributed by atoms with Gasteiger partial charge < -0.3 is 5.73 Å². The van der Waals surface area contributed by atoms with E-state index in [1.165, 1.54) is 12.8 Å². The highest BCUT2D eigenvalue weighted by molar-refractivity contribution is 7.99. The van der Waals surface area contributed by atoms with Crippen LogP contribution in [0.25, 0.3) is 10.2 Å². The Labute approximate surface area is 97.1 Å². The number of thioether (sulfide) groups is 1. The Hall–Kier alpha value is -0.810. The second-order valence-electron chi connectivity index (χ2n) is 3.23. The van der Waals surface area contributed by atoms with Crippen LogP contribution >= 0.6 is 23.1 Å². The topological polar surface area (TPSA) is 51.8 Å². The molecule has 0 bridgehead atoms. The molecule has 80 valence electrons. The van der Waals surface area contributed by atoms with E-state index in [0.29, 0.717) is 5.95 Å². The van der Waals surface area contributed by atoms with Crippen LogP contribution in [0.2, 0.25) is 0 Å². The summed E-state index contributed by atoms with van der Waals surface area (Å²) in [5.41, 5.74) is 5.66. The van der Waals surface area contributed by atoms with E-state index in [-0.39, 0.29) is 0 Å². The van der Waals surface area contributed by atoms with Gasteiger partial charge in [0.1, 0.15) is 9.86 Å². The highest BCUT2D eigenvalue weighted by Gasteiger charge is 2.07. The van der Waals surface area contributed by atoms with Crippen molar-refractivity contribution in [3.63, 3.8) is 0 Å². The molecule has 5 heteroatoms. The molecule has 2 heterocycles. The maximum Gasteiger partial charge on any atom is 0.222 e. The zero-order valence-electron chi connectivity index (χ0n) is 8.56. The van der Waals surface area contributed by atoms with E-state index in [1.54, 1.807) is 23.1 Å². The summed E-state index contributed by atoms with van der Waals surface area (Å²) in [7, 11) is 0. The van der Waals surface area contributed by atoms with Crippen LogP contribution < -0.4 is 5.73 Å². The molecule has 0 aliphatic rings. The minimum Gasteiger partial charge on any atom is -0.368 e. The lowest BCUT2D eigenvalue weighted by atomic mass is 10.4. The molecule has 0 unspecified atom stereocenters. The summed E-state index contributed by atoms with van der Waals surface area (Å²) in [5.74, 6) is 1.47. The number of nitrogens with two attached hydrogens (primary N) is 1. The summed E-state index contributed by atoms with van der Waals surface area (Å²) in [6.07, 6.45) is 2.42. The Balaban J connectivity index is 2.27. The smallest absolute Gasteiger partial charge is 0.222 e. The Morgan fingerprint density at radius 3 is 3.13 bits per heavy atom.